The van der Waals surface area contributed by atoms with E-state index < -0.39 is 59.5 Å². The predicted molar refractivity (Wildman–Crippen MR) is 147 cm³/mol. The molecule has 7 atom stereocenters. The topological polar surface area (TPSA) is 156 Å². The van der Waals surface area contributed by atoms with Crippen LogP contribution in [0.2, 0.25) is 0 Å². The van der Waals surface area contributed by atoms with Gasteiger partial charge in [0.05, 0.1) is 36.7 Å². The highest BCUT2D eigenvalue weighted by molar-refractivity contribution is 5.99. The van der Waals surface area contributed by atoms with Crippen LogP contribution in [-0.4, -0.2) is 103 Å². The van der Waals surface area contributed by atoms with E-state index >= 15 is 0 Å². The van der Waals surface area contributed by atoms with Crippen molar-refractivity contribution < 1.29 is 33.8 Å². The fourth-order valence-electron chi connectivity index (χ4n) is 6.49. The number of benzene rings is 1. The summed E-state index contributed by atoms with van der Waals surface area (Å²) in [6.45, 7) is 3.24. The van der Waals surface area contributed by atoms with Gasteiger partial charge >= 0.3 is 5.97 Å². The number of hydrogen-bond donors (Lipinski definition) is 2. The summed E-state index contributed by atoms with van der Waals surface area (Å²) in [5, 5.41) is 21.4. The Hall–Kier alpha value is -4.10. The van der Waals surface area contributed by atoms with Crippen LogP contribution >= 0.6 is 0 Å². The summed E-state index contributed by atoms with van der Waals surface area (Å²) in [6, 6.07) is 5.51. The van der Waals surface area contributed by atoms with Crippen LogP contribution < -0.4 is 5.32 Å². The maximum absolute atomic E-state index is 14.6. The third-order valence-corrected chi connectivity index (χ3v) is 8.53. The number of nitrogens with zero attached hydrogens (tertiary/aromatic N) is 5. The zero-order valence-electron chi connectivity index (χ0n) is 23.5. The summed E-state index contributed by atoms with van der Waals surface area (Å²) in [6.07, 6.45) is 6.32. The number of fused-ring (bicyclic) bond motifs is 3. The number of amides is 3. The molecular formula is C29H34N6O7. The fourth-order valence-corrected chi connectivity index (χ4v) is 6.49. The molecule has 0 radical (unpaired) electrons. The number of para-hydroxylation sites is 1. The molecule has 2 saturated heterocycles. The lowest BCUT2D eigenvalue weighted by molar-refractivity contribution is -0.159. The highest BCUT2D eigenvalue weighted by Crippen LogP contribution is 2.56. The number of allylic oxidation sites excluding steroid dienone is 1. The van der Waals surface area contributed by atoms with Gasteiger partial charge in [0.25, 0.3) is 5.91 Å². The van der Waals surface area contributed by atoms with E-state index in [1.165, 1.54) is 4.90 Å². The summed E-state index contributed by atoms with van der Waals surface area (Å²) >= 11 is 0. The number of hydrogen-bond acceptors (Lipinski definition) is 9. The molecule has 2 N–H and O–H groups in total. The minimum Gasteiger partial charge on any atom is -0.460 e. The molecular weight excluding hydrogens is 544 g/mol. The van der Waals surface area contributed by atoms with Gasteiger partial charge in [0, 0.05) is 13.0 Å². The number of rotatable bonds is 4. The van der Waals surface area contributed by atoms with Crippen LogP contribution in [-0.2, 0) is 35.3 Å². The monoisotopic (exact) mass is 578 g/mol. The molecule has 0 unspecified atom stereocenters. The van der Waals surface area contributed by atoms with Gasteiger partial charge in [0.15, 0.2) is 0 Å². The Bertz CT molecular complexity index is 1470. The number of cyclic esters (lactones) is 1. The number of carbonyl (C=O) groups is 4. The summed E-state index contributed by atoms with van der Waals surface area (Å²) in [5.41, 5.74) is -0.0224. The average molecular weight is 579 g/mol. The van der Waals surface area contributed by atoms with Gasteiger partial charge in [-0.3, -0.25) is 19.2 Å². The smallest absolute Gasteiger partial charge is 0.313 e. The van der Waals surface area contributed by atoms with E-state index in [9.17, 15) is 24.3 Å². The number of aliphatic hydroxyl groups excluding tert-OH is 1. The van der Waals surface area contributed by atoms with Crippen LogP contribution in [0.1, 0.15) is 26.7 Å². The Morgan fingerprint density at radius 2 is 1.98 bits per heavy atom. The van der Waals surface area contributed by atoms with Crippen molar-refractivity contribution in [1.29, 1.82) is 0 Å². The molecule has 2 fully saturated rings. The van der Waals surface area contributed by atoms with Crippen LogP contribution in [0.3, 0.4) is 0 Å². The van der Waals surface area contributed by atoms with Gasteiger partial charge in [-0.2, -0.15) is 0 Å². The molecule has 2 aromatic rings. The van der Waals surface area contributed by atoms with E-state index in [1.54, 1.807) is 41.7 Å². The summed E-state index contributed by atoms with van der Waals surface area (Å²) < 4.78 is 13.6. The summed E-state index contributed by atoms with van der Waals surface area (Å²) in [5.74, 6) is -3.69. The Balaban J connectivity index is 1.42. The van der Waals surface area contributed by atoms with Gasteiger partial charge in [-0.15, -0.1) is 5.10 Å². The lowest BCUT2D eigenvalue weighted by Gasteiger charge is -2.37. The van der Waals surface area contributed by atoms with Crippen molar-refractivity contribution in [1.82, 2.24) is 30.1 Å². The normalized spacial score (nSPS) is 33.2. The molecule has 0 aliphatic carbocycles. The second-order valence-corrected chi connectivity index (χ2v) is 11.3. The minimum atomic E-state index is -1.41. The van der Waals surface area contributed by atoms with Crippen molar-refractivity contribution in [2.24, 2.45) is 11.8 Å². The zero-order chi connectivity index (χ0) is 29.6. The third kappa shape index (κ3) is 4.56. The van der Waals surface area contributed by atoms with Crippen LogP contribution in [0.4, 0.5) is 0 Å². The first-order chi connectivity index (χ1) is 20.2. The maximum atomic E-state index is 14.6. The van der Waals surface area contributed by atoms with E-state index in [1.807, 2.05) is 30.3 Å². The van der Waals surface area contributed by atoms with Crippen LogP contribution in [0.25, 0.3) is 11.0 Å². The lowest BCUT2D eigenvalue weighted by Crippen LogP contribution is -2.58. The first-order valence-corrected chi connectivity index (χ1v) is 14.2. The number of aliphatic hydroxyl groups is 1. The molecule has 13 nitrogen and oxygen atoms in total. The Kier molecular flexibility index (Phi) is 7.31. The standard InChI is InChI=1S/C29H34N6O7/c1-17(15-36)35-25-27(39)33(16-34-20-9-6-5-8-19(20)31-32-34)13-7-3-4-10-22(37)30-14-18(2)41-28(40)23-21-11-12-29(25,42-21)24(23)26(35)38/h3,5-9,11-12,17-18,21,23-25,36H,4,10,13-16H2,1-2H3,(H,30,37)/b7-3-/t17-,18-,21+,23-,24-,25+,29-/m1/s1. The summed E-state index contributed by atoms with van der Waals surface area (Å²) in [4.78, 5) is 57.4. The molecule has 42 heavy (non-hydrogen) atoms. The third-order valence-electron chi connectivity index (χ3n) is 8.53. The fraction of sp³-hybridized carbons (Fsp3) is 0.517. The lowest BCUT2D eigenvalue weighted by atomic mass is 9.74. The van der Waals surface area contributed by atoms with Gasteiger partial charge < -0.3 is 29.7 Å². The van der Waals surface area contributed by atoms with Crippen molar-refractivity contribution >= 4 is 34.7 Å². The van der Waals surface area contributed by atoms with Crippen molar-refractivity contribution in [3.63, 3.8) is 0 Å². The zero-order valence-corrected chi connectivity index (χ0v) is 23.5. The van der Waals surface area contributed by atoms with Gasteiger partial charge in [0.2, 0.25) is 11.8 Å². The predicted octanol–water partition coefficient (Wildman–Crippen LogP) is 0.147. The molecule has 13 heteroatoms. The molecule has 3 amide bonds. The van der Waals surface area contributed by atoms with Crippen molar-refractivity contribution in [3.05, 3.63) is 48.6 Å². The molecule has 1 aromatic heterocycles. The molecule has 5 bridgehead atoms. The van der Waals surface area contributed by atoms with E-state index in [4.69, 9.17) is 9.47 Å². The second-order valence-electron chi connectivity index (χ2n) is 11.3. The Morgan fingerprint density at radius 1 is 1.17 bits per heavy atom. The van der Waals surface area contributed by atoms with E-state index in [0.29, 0.717) is 11.9 Å². The SMILES string of the molecule is C[C@@H]1CNC(=O)CC/C=C\CN(Cn2nnc3ccccc32)C(=O)[C@@H]2N([C@H](C)CO)C(=O)[C@H]3[C@H](C(=O)O1)[C@@H]1C=C[C@]23O1. The van der Waals surface area contributed by atoms with Gasteiger partial charge in [0.1, 0.15) is 35.9 Å². The highest BCUT2D eigenvalue weighted by atomic mass is 16.6. The van der Waals surface area contributed by atoms with Gasteiger partial charge in [-0.25, -0.2) is 4.68 Å². The molecule has 6 rings (SSSR count). The first-order valence-electron chi connectivity index (χ1n) is 14.2. The van der Waals surface area contributed by atoms with E-state index in [0.717, 1.165) is 5.52 Å². The van der Waals surface area contributed by atoms with Gasteiger partial charge in [-0.1, -0.05) is 41.7 Å². The molecule has 1 aromatic carbocycles. The first kappa shape index (κ1) is 28.0. The molecule has 0 saturated carbocycles. The van der Waals surface area contributed by atoms with Gasteiger partial charge in [-0.05, 0) is 32.4 Å². The number of ether oxygens (including phenoxy) is 2. The minimum absolute atomic E-state index is 0.0209. The number of nitrogens with one attached hydrogen (secondary N) is 1. The number of carbonyl (C=O) groups excluding carboxylic acids is 4. The molecule has 4 aliphatic heterocycles. The number of aromatic nitrogens is 3. The van der Waals surface area contributed by atoms with E-state index in [2.05, 4.69) is 15.6 Å². The quantitative estimate of drug-likeness (QED) is 0.381. The van der Waals surface area contributed by atoms with Crippen molar-refractivity contribution in [2.45, 2.75) is 63.3 Å². The Labute approximate surface area is 242 Å². The number of likely N-dealkylation sites (tertiary alicyclic amines) is 1. The molecule has 5 heterocycles. The molecule has 4 aliphatic rings. The second kappa shape index (κ2) is 11.0. The van der Waals surface area contributed by atoms with Crippen LogP contribution in [0.5, 0.6) is 0 Å². The summed E-state index contributed by atoms with van der Waals surface area (Å²) in [7, 11) is 0. The number of esters is 1. The maximum Gasteiger partial charge on any atom is 0.313 e. The largest absolute Gasteiger partial charge is 0.460 e. The van der Waals surface area contributed by atoms with Crippen molar-refractivity contribution in [3.8, 4) is 0 Å². The molecule has 222 valence electrons. The average Bonchev–Trinajstić information content (AvgIpc) is 3.73. The van der Waals surface area contributed by atoms with E-state index in [-0.39, 0.29) is 38.7 Å². The van der Waals surface area contributed by atoms with Crippen LogP contribution in [0, 0.1) is 11.8 Å². The molecule has 1 spiro atoms. The Morgan fingerprint density at radius 3 is 2.79 bits per heavy atom. The van der Waals surface area contributed by atoms with Crippen molar-refractivity contribution in [2.75, 3.05) is 19.7 Å². The highest BCUT2D eigenvalue weighted by Gasteiger charge is 2.74. The van der Waals surface area contributed by atoms with Crippen LogP contribution in [0.15, 0.2) is 48.6 Å².